The molecule has 0 saturated heterocycles. The molecule has 0 aliphatic carbocycles. The van der Waals surface area contributed by atoms with Crippen molar-refractivity contribution in [1.29, 1.82) is 0 Å². The molecule has 2 heterocycles. The lowest BCUT2D eigenvalue weighted by Crippen LogP contribution is -2.11. The van der Waals surface area contributed by atoms with Crippen LogP contribution in [0.3, 0.4) is 0 Å². The van der Waals surface area contributed by atoms with Gasteiger partial charge < -0.3 is 0 Å². The Kier molecular flexibility index (Phi) is 5.22. The van der Waals surface area contributed by atoms with Gasteiger partial charge in [0, 0.05) is 11.3 Å². The van der Waals surface area contributed by atoms with Crippen molar-refractivity contribution >= 4 is 34.1 Å². The molecule has 4 aromatic rings. The maximum Gasteiger partial charge on any atom is 0.257 e. The molecule has 0 aliphatic heterocycles. The predicted molar refractivity (Wildman–Crippen MR) is 105 cm³/mol. The lowest BCUT2D eigenvalue weighted by atomic mass is 10.2. The van der Waals surface area contributed by atoms with E-state index in [2.05, 4.69) is 37.7 Å². The van der Waals surface area contributed by atoms with Crippen LogP contribution in [0.4, 0.5) is 5.13 Å². The minimum Gasteiger partial charge on any atom is -0.296 e. The Hall–Kier alpha value is -3.04. The van der Waals surface area contributed by atoms with Gasteiger partial charge in [0.05, 0.1) is 5.69 Å². The number of nitrogens with one attached hydrogen (secondary N) is 1. The fourth-order valence-electron chi connectivity index (χ4n) is 2.31. The third-order valence-corrected chi connectivity index (χ3v) is 5.69. The number of hydrogen-bond donors (Lipinski definition) is 1. The van der Waals surface area contributed by atoms with E-state index in [-0.39, 0.29) is 5.91 Å². The van der Waals surface area contributed by atoms with Crippen LogP contribution in [0.25, 0.3) is 5.69 Å². The van der Waals surface area contributed by atoms with Gasteiger partial charge in [-0.25, -0.2) is 9.67 Å². The molecule has 0 saturated carbocycles. The van der Waals surface area contributed by atoms with Gasteiger partial charge in [-0.2, -0.15) is 5.10 Å². The minimum absolute atomic E-state index is 0.226. The van der Waals surface area contributed by atoms with Gasteiger partial charge in [0.15, 0.2) is 4.34 Å². The van der Waals surface area contributed by atoms with E-state index in [1.165, 1.54) is 23.2 Å². The van der Waals surface area contributed by atoms with Gasteiger partial charge in [0.1, 0.15) is 12.7 Å². The zero-order valence-electron chi connectivity index (χ0n) is 14.0. The molecule has 4 rings (SSSR count). The maximum absolute atomic E-state index is 12.4. The first-order valence-electron chi connectivity index (χ1n) is 8.04. The van der Waals surface area contributed by atoms with Gasteiger partial charge >= 0.3 is 0 Å². The summed E-state index contributed by atoms with van der Waals surface area (Å²) in [4.78, 5) is 16.3. The van der Waals surface area contributed by atoms with Crippen LogP contribution >= 0.6 is 23.1 Å². The zero-order valence-corrected chi connectivity index (χ0v) is 15.7. The molecule has 0 bridgehead atoms. The topological polar surface area (TPSA) is 85.6 Å². The van der Waals surface area contributed by atoms with Crippen LogP contribution < -0.4 is 5.32 Å². The molecular weight excluding hydrogens is 380 g/mol. The summed E-state index contributed by atoms with van der Waals surface area (Å²) in [6.45, 7) is 0. The summed E-state index contributed by atoms with van der Waals surface area (Å²) in [5.74, 6) is 0.587. The lowest BCUT2D eigenvalue weighted by Gasteiger charge is -2.03. The lowest BCUT2D eigenvalue weighted by molar-refractivity contribution is 0.102. The molecule has 0 aliphatic rings. The number of benzene rings is 2. The van der Waals surface area contributed by atoms with Crippen molar-refractivity contribution in [2.24, 2.45) is 0 Å². The smallest absolute Gasteiger partial charge is 0.257 e. The van der Waals surface area contributed by atoms with Gasteiger partial charge in [0.25, 0.3) is 5.91 Å². The quantitative estimate of drug-likeness (QED) is 0.397. The summed E-state index contributed by atoms with van der Waals surface area (Å²) in [5.41, 5.74) is 2.59. The average molecular weight is 394 g/mol. The van der Waals surface area contributed by atoms with Crippen LogP contribution in [0.5, 0.6) is 0 Å². The molecule has 0 radical (unpaired) electrons. The average Bonchev–Trinajstić information content (AvgIpc) is 3.40. The molecule has 1 N–H and O–H groups in total. The fraction of sp³-hybridized carbons (Fsp3) is 0.0556. The molecule has 0 atom stereocenters. The van der Waals surface area contributed by atoms with Crippen LogP contribution in [0.15, 0.2) is 71.6 Å². The third kappa shape index (κ3) is 4.39. The molecule has 0 fully saturated rings. The molecule has 2 aromatic heterocycles. The predicted octanol–water partition coefficient (Wildman–Crippen LogP) is 3.66. The second kappa shape index (κ2) is 8.11. The van der Waals surface area contributed by atoms with E-state index in [1.807, 2.05) is 30.3 Å². The van der Waals surface area contributed by atoms with E-state index in [0.29, 0.717) is 10.7 Å². The van der Waals surface area contributed by atoms with Gasteiger partial charge in [0.2, 0.25) is 5.13 Å². The van der Waals surface area contributed by atoms with E-state index in [1.54, 1.807) is 34.9 Å². The van der Waals surface area contributed by atoms with Crippen LogP contribution in [0.1, 0.15) is 15.9 Å². The number of carbonyl (C=O) groups excluding carboxylic acids is 1. The van der Waals surface area contributed by atoms with Crippen molar-refractivity contribution in [2.75, 3.05) is 5.32 Å². The molecule has 0 spiro atoms. The summed E-state index contributed by atoms with van der Waals surface area (Å²) in [5, 5.41) is 15.5. The Morgan fingerprint density at radius 1 is 1.07 bits per heavy atom. The number of carbonyl (C=O) groups is 1. The number of amides is 1. The van der Waals surface area contributed by atoms with E-state index < -0.39 is 0 Å². The van der Waals surface area contributed by atoms with Crippen LogP contribution in [-0.4, -0.2) is 30.9 Å². The first-order valence-corrected chi connectivity index (χ1v) is 9.85. The highest BCUT2D eigenvalue weighted by atomic mass is 32.2. The summed E-state index contributed by atoms with van der Waals surface area (Å²) < 4.78 is 2.44. The van der Waals surface area contributed by atoms with Crippen molar-refractivity contribution in [1.82, 2.24) is 25.0 Å². The van der Waals surface area contributed by atoms with E-state index in [4.69, 9.17) is 0 Å². The summed E-state index contributed by atoms with van der Waals surface area (Å²) >= 11 is 2.96. The summed E-state index contributed by atoms with van der Waals surface area (Å²) in [7, 11) is 0. The Labute approximate surface area is 163 Å². The molecule has 27 heavy (non-hydrogen) atoms. The highest BCUT2D eigenvalue weighted by molar-refractivity contribution is 8.00. The van der Waals surface area contributed by atoms with Gasteiger partial charge in [-0.15, -0.1) is 10.2 Å². The molecule has 2 aromatic carbocycles. The minimum atomic E-state index is -0.226. The van der Waals surface area contributed by atoms with Gasteiger partial charge in [-0.1, -0.05) is 53.4 Å². The first kappa shape index (κ1) is 17.4. The van der Waals surface area contributed by atoms with Crippen molar-refractivity contribution in [2.45, 2.75) is 10.1 Å². The molecule has 0 unspecified atom stereocenters. The van der Waals surface area contributed by atoms with Crippen molar-refractivity contribution in [3.63, 3.8) is 0 Å². The van der Waals surface area contributed by atoms with Crippen LogP contribution in [-0.2, 0) is 5.75 Å². The highest BCUT2D eigenvalue weighted by Crippen LogP contribution is 2.28. The standard InChI is InChI=1S/C18H14N6OS2/c25-16(14-6-8-15(9-7-14)24-12-19-11-20-24)21-17-22-23-18(27-17)26-10-13-4-2-1-3-5-13/h1-9,11-12H,10H2,(H,21,22,25). The molecule has 134 valence electrons. The van der Waals surface area contributed by atoms with E-state index in [0.717, 1.165) is 15.8 Å². The van der Waals surface area contributed by atoms with Crippen molar-refractivity contribution in [3.05, 3.63) is 78.4 Å². The number of thioether (sulfide) groups is 1. The van der Waals surface area contributed by atoms with Crippen LogP contribution in [0, 0.1) is 0 Å². The van der Waals surface area contributed by atoms with Gasteiger partial charge in [-0.05, 0) is 29.8 Å². The number of rotatable bonds is 6. The second-order valence-electron chi connectivity index (χ2n) is 5.49. The largest absolute Gasteiger partial charge is 0.296 e. The molecule has 7 nitrogen and oxygen atoms in total. The highest BCUT2D eigenvalue weighted by Gasteiger charge is 2.11. The van der Waals surface area contributed by atoms with Crippen molar-refractivity contribution in [3.8, 4) is 5.69 Å². The van der Waals surface area contributed by atoms with E-state index in [9.17, 15) is 4.79 Å². The zero-order chi connectivity index (χ0) is 18.5. The second-order valence-corrected chi connectivity index (χ2v) is 7.69. The third-order valence-electron chi connectivity index (χ3n) is 3.64. The van der Waals surface area contributed by atoms with Crippen LogP contribution in [0.2, 0.25) is 0 Å². The maximum atomic E-state index is 12.4. The number of hydrogen-bond acceptors (Lipinski definition) is 7. The Bertz CT molecular complexity index is 1020. The Balaban J connectivity index is 1.36. The Morgan fingerprint density at radius 3 is 2.63 bits per heavy atom. The SMILES string of the molecule is O=C(Nc1nnc(SCc2ccccc2)s1)c1ccc(-n2cncn2)cc1. The monoisotopic (exact) mass is 394 g/mol. The molecular formula is C18H14N6OS2. The summed E-state index contributed by atoms with van der Waals surface area (Å²) in [6.07, 6.45) is 3.06. The summed E-state index contributed by atoms with van der Waals surface area (Å²) in [6, 6.07) is 17.2. The van der Waals surface area contributed by atoms with Crippen molar-refractivity contribution < 1.29 is 4.79 Å². The van der Waals surface area contributed by atoms with E-state index >= 15 is 0 Å². The number of anilines is 1. The first-order chi connectivity index (χ1) is 13.3. The fourth-order valence-corrected chi connectivity index (χ4v) is 4.02. The molecule has 1 amide bonds. The number of aromatic nitrogens is 5. The number of nitrogens with zero attached hydrogens (tertiary/aromatic N) is 5. The Morgan fingerprint density at radius 2 is 1.89 bits per heavy atom. The van der Waals surface area contributed by atoms with Gasteiger partial charge in [-0.3, -0.25) is 10.1 Å². The normalized spacial score (nSPS) is 10.7. The molecule has 9 heteroatoms.